The van der Waals surface area contributed by atoms with Crippen LogP contribution in [0.25, 0.3) is 0 Å². The maximum atomic E-state index is 11.7. The van der Waals surface area contributed by atoms with Gasteiger partial charge in [-0.1, -0.05) is 18.2 Å². The number of aliphatic hydroxyl groups excluding tert-OH is 1. The van der Waals surface area contributed by atoms with Gasteiger partial charge in [0.2, 0.25) is 5.91 Å². The van der Waals surface area contributed by atoms with Gasteiger partial charge in [0, 0.05) is 6.61 Å². The molecule has 0 heterocycles. The van der Waals surface area contributed by atoms with Crippen LogP contribution in [0.5, 0.6) is 5.75 Å². The Labute approximate surface area is 120 Å². The fraction of sp³-hybridized carbons (Fsp3) is 0.533. The summed E-state index contributed by atoms with van der Waals surface area (Å²) >= 11 is 0. The Balaban J connectivity index is 2.47. The van der Waals surface area contributed by atoms with Gasteiger partial charge in [-0.05, 0) is 38.3 Å². The van der Waals surface area contributed by atoms with Gasteiger partial charge in [-0.25, -0.2) is 0 Å². The second-order valence-electron chi connectivity index (χ2n) is 5.06. The van der Waals surface area contributed by atoms with Crippen LogP contribution in [0, 0.1) is 13.8 Å². The first-order chi connectivity index (χ1) is 9.45. The third-order valence-electron chi connectivity index (χ3n) is 3.05. The average molecular weight is 280 g/mol. The molecule has 20 heavy (non-hydrogen) atoms. The molecule has 112 valence electrons. The first-order valence-electron chi connectivity index (χ1n) is 6.81. The number of hydrogen-bond acceptors (Lipinski definition) is 4. The highest BCUT2D eigenvalue weighted by Crippen LogP contribution is 2.22. The zero-order valence-electron chi connectivity index (χ0n) is 12.3. The normalized spacial score (nSPS) is 13.7. The number of nitrogens with one attached hydrogen (secondary N) is 1. The highest BCUT2D eigenvalue weighted by Gasteiger charge is 2.15. The average Bonchev–Trinajstić information content (AvgIpc) is 2.38. The van der Waals surface area contributed by atoms with Crippen molar-refractivity contribution in [3.05, 3.63) is 29.3 Å². The van der Waals surface area contributed by atoms with E-state index >= 15 is 0 Å². The number of ether oxygens (including phenoxy) is 1. The van der Waals surface area contributed by atoms with Crippen molar-refractivity contribution < 1.29 is 14.6 Å². The molecule has 0 saturated heterocycles. The summed E-state index contributed by atoms with van der Waals surface area (Å²) in [4.78, 5) is 11.7. The predicted molar refractivity (Wildman–Crippen MR) is 78.7 cm³/mol. The van der Waals surface area contributed by atoms with Crippen LogP contribution in [0.1, 0.15) is 24.5 Å². The zero-order chi connectivity index (χ0) is 15.1. The molecule has 4 N–H and O–H groups in total. The van der Waals surface area contributed by atoms with E-state index in [1.165, 1.54) is 0 Å². The second kappa shape index (κ2) is 7.87. The molecule has 5 nitrogen and oxygen atoms in total. The van der Waals surface area contributed by atoms with Crippen molar-refractivity contribution in [2.75, 3.05) is 13.2 Å². The molecule has 2 atom stereocenters. The highest BCUT2D eigenvalue weighted by atomic mass is 16.5. The maximum Gasteiger partial charge on any atom is 0.237 e. The largest absolute Gasteiger partial charge is 0.491 e. The van der Waals surface area contributed by atoms with Crippen molar-refractivity contribution in [2.24, 2.45) is 5.73 Å². The summed E-state index contributed by atoms with van der Waals surface area (Å²) in [7, 11) is 0. The molecule has 0 aromatic heterocycles. The molecular weight excluding hydrogens is 256 g/mol. The van der Waals surface area contributed by atoms with Gasteiger partial charge in [0.25, 0.3) is 0 Å². The summed E-state index contributed by atoms with van der Waals surface area (Å²) in [6, 6.07) is 5.14. The molecule has 1 unspecified atom stereocenters. The lowest BCUT2D eigenvalue weighted by Gasteiger charge is -2.19. The molecule has 1 amide bonds. The minimum Gasteiger partial charge on any atom is -0.491 e. The highest BCUT2D eigenvalue weighted by molar-refractivity contribution is 5.81. The fourth-order valence-electron chi connectivity index (χ4n) is 1.90. The smallest absolute Gasteiger partial charge is 0.237 e. The van der Waals surface area contributed by atoms with E-state index in [1.807, 2.05) is 39.0 Å². The molecule has 0 bridgehead atoms. The number of carbonyl (C=O) groups is 1. The Morgan fingerprint density at radius 1 is 1.40 bits per heavy atom. The number of para-hydroxylation sites is 1. The lowest BCUT2D eigenvalue weighted by molar-refractivity contribution is -0.123. The number of benzene rings is 1. The Bertz CT molecular complexity index is 428. The summed E-state index contributed by atoms with van der Waals surface area (Å²) in [6.45, 7) is 6.12. The van der Waals surface area contributed by atoms with E-state index in [-0.39, 0.29) is 25.0 Å². The van der Waals surface area contributed by atoms with Crippen LogP contribution >= 0.6 is 0 Å². The van der Waals surface area contributed by atoms with Crippen LogP contribution in [0.3, 0.4) is 0 Å². The van der Waals surface area contributed by atoms with Crippen LogP contribution < -0.4 is 15.8 Å². The lowest BCUT2D eigenvalue weighted by Crippen LogP contribution is -2.46. The van der Waals surface area contributed by atoms with E-state index in [0.29, 0.717) is 6.61 Å². The van der Waals surface area contributed by atoms with Crippen molar-refractivity contribution in [1.82, 2.24) is 5.32 Å². The minimum atomic E-state index is -0.678. The lowest BCUT2D eigenvalue weighted by atomic mass is 10.1. The molecule has 5 heteroatoms. The molecular formula is C15H24N2O3. The third-order valence-corrected chi connectivity index (χ3v) is 3.05. The van der Waals surface area contributed by atoms with Crippen molar-refractivity contribution in [1.29, 1.82) is 0 Å². The summed E-state index contributed by atoms with van der Waals surface area (Å²) in [5.41, 5.74) is 7.76. The number of rotatable bonds is 7. The monoisotopic (exact) mass is 280 g/mol. The second-order valence-corrected chi connectivity index (χ2v) is 5.06. The van der Waals surface area contributed by atoms with Crippen LogP contribution in [0.4, 0.5) is 0 Å². The van der Waals surface area contributed by atoms with E-state index in [0.717, 1.165) is 16.9 Å². The molecule has 0 spiro atoms. The molecule has 1 rings (SSSR count). The maximum absolute atomic E-state index is 11.7. The van der Waals surface area contributed by atoms with Gasteiger partial charge in [-0.3, -0.25) is 4.79 Å². The number of amides is 1. The van der Waals surface area contributed by atoms with Gasteiger partial charge in [0.15, 0.2) is 0 Å². The molecule has 1 aromatic carbocycles. The fourth-order valence-corrected chi connectivity index (χ4v) is 1.90. The Kier molecular flexibility index (Phi) is 6.48. The standard InChI is InChI=1S/C15H24N2O3/c1-10-5-4-6-11(2)14(10)20-9-12(3)17-15(19)13(16)7-8-18/h4-6,12-13,18H,7-9,16H2,1-3H3,(H,17,19)/t12?,13-/m0/s1. The summed E-state index contributed by atoms with van der Waals surface area (Å²) in [5.74, 6) is 0.588. The van der Waals surface area contributed by atoms with E-state index in [1.54, 1.807) is 0 Å². The molecule has 0 radical (unpaired) electrons. The van der Waals surface area contributed by atoms with Gasteiger partial charge in [-0.15, -0.1) is 0 Å². The molecule has 1 aromatic rings. The minimum absolute atomic E-state index is 0.0954. The van der Waals surface area contributed by atoms with Crippen molar-refractivity contribution >= 4 is 5.91 Å². The van der Waals surface area contributed by atoms with E-state index in [2.05, 4.69) is 5.32 Å². The Hall–Kier alpha value is -1.59. The van der Waals surface area contributed by atoms with E-state index < -0.39 is 6.04 Å². The van der Waals surface area contributed by atoms with Crippen molar-refractivity contribution in [2.45, 2.75) is 39.3 Å². The van der Waals surface area contributed by atoms with E-state index in [4.69, 9.17) is 15.6 Å². The molecule has 0 saturated carbocycles. The first kappa shape index (κ1) is 16.5. The number of aliphatic hydroxyl groups is 1. The number of carbonyl (C=O) groups excluding carboxylic acids is 1. The zero-order valence-corrected chi connectivity index (χ0v) is 12.3. The first-order valence-corrected chi connectivity index (χ1v) is 6.81. The summed E-state index contributed by atoms with van der Waals surface area (Å²) < 4.78 is 5.77. The molecule has 0 aliphatic rings. The van der Waals surface area contributed by atoms with Crippen LogP contribution in [0.2, 0.25) is 0 Å². The Morgan fingerprint density at radius 2 is 2.00 bits per heavy atom. The van der Waals surface area contributed by atoms with Crippen LogP contribution in [-0.2, 0) is 4.79 Å². The summed E-state index contributed by atoms with van der Waals surface area (Å²) in [6.07, 6.45) is 0.260. The van der Waals surface area contributed by atoms with Crippen LogP contribution in [0.15, 0.2) is 18.2 Å². The molecule has 0 aliphatic heterocycles. The quantitative estimate of drug-likeness (QED) is 0.692. The number of aryl methyl sites for hydroxylation is 2. The Morgan fingerprint density at radius 3 is 2.55 bits per heavy atom. The number of nitrogens with two attached hydrogens (primary N) is 1. The molecule has 0 fully saturated rings. The van der Waals surface area contributed by atoms with Crippen LogP contribution in [-0.4, -0.2) is 36.3 Å². The van der Waals surface area contributed by atoms with E-state index in [9.17, 15) is 4.79 Å². The third kappa shape index (κ3) is 4.83. The van der Waals surface area contributed by atoms with Crippen molar-refractivity contribution in [3.8, 4) is 5.75 Å². The van der Waals surface area contributed by atoms with Gasteiger partial charge in [-0.2, -0.15) is 0 Å². The van der Waals surface area contributed by atoms with Gasteiger partial charge in [0.1, 0.15) is 12.4 Å². The topological polar surface area (TPSA) is 84.6 Å². The van der Waals surface area contributed by atoms with Gasteiger partial charge < -0.3 is 20.9 Å². The van der Waals surface area contributed by atoms with Crippen molar-refractivity contribution in [3.63, 3.8) is 0 Å². The van der Waals surface area contributed by atoms with Gasteiger partial charge >= 0.3 is 0 Å². The predicted octanol–water partition coefficient (Wildman–Crippen LogP) is 0.897. The SMILES string of the molecule is Cc1cccc(C)c1OCC(C)NC(=O)[C@@H](N)CCO. The summed E-state index contributed by atoms with van der Waals surface area (Å²) in [5, 5.41) is 11.5. The molecule has 0 aliphatic carbocycles. The number of hydrogen-bond donors (Lipinski definition) is 3. The van der Waals surface area contributed by atoms with Gasteiger partial charge in [0.05, 0.1) is 12.1 Å².